The summed E-state index contributed by atoms with van der Waals surface area (Å²) in [5, 5.41) is 14.1. The summed E-state index contributed by atoms with van der Waals surface area (Å²) < 4.78 is 0.643. The largest absolute Gasteiger partial charge is 0.348 e. The molecule has 1 aromatic carbocycles. The van der Waals surface area contributed by atoms with Crippen LogP contribution in [0.4, 0.5) is 17.2 Å². The molecule has 0 fully saturated rings. The van der Waals surface area contributed by atoms with E-state index in [1.54, 1.807) is 18.2 Å². The number of halogens is 3. The number of benzene rings is 1. The Balaban J connectivity index is 2.44. The van der Waals surface area contributed by atoms with Crippen LogP contribution in [0.3, 0.4) is 0 Å². The van der Waals surface area contributed by atoms with E-state index in [9.17, 15) is 10.1 Å². The minimum atomic E-state index is -0.644. The van der Waals surface area contributed by atoms with E-state index in [-0.39, 0.29) is 16.7 Å². The SMILES string of the molecule is O=[N+]([O-])c1c(Cl)ncnc1Nc1ccc(Cl)cc1Br. The third-order valence-electron chi connectivity index (χ3n) is 2.14. The second kappa shape index (κ2) is 5.68. The molecule has 0 saturated carbocycles. The van der Waals surface area contributed by atoms with Gasteiger partial charge in [-0.1, -0.05) is 23.2 Å². The third-order valence-corrected chi connectivity index (χ3v) is 3.31. The first-order chi connectivity index (χ1) is 8.99. The maximum absolute atomic E-state index is 10.9. The highest BCUT2D eigenvalue weighted by molar-refractivity contribution is 9.10. The summed E-state index contributed by atoms with van der Waals surface area (Å²) in [5.74, 6) is 0.00743. The van der Waals surface area contributed by atoms with Crippen molar-refractivity contribution in [3.8, 4) is 0 Å². The molecule has 0 aliphatic carbocycles. The van der Waals surface area contributed by atoms with E-state index in [0.29, 0.717) is 15.2 Å². The van der Waals surface area contributed by atoms with Crippen molar-refractivity contribution < 1.29 is 4.92 Å². The Labute approximate surface area is 126 Å². The van der Waals surface area contributed by atoms with Gasteiger partial charge in [0, 0.05) is 9.50 Å². The van der Waals surface area contributed by atoms with E-state index in [1.807, 2.05) is 0 Å². The van der Waals surface area contributed by atoms with E-state index in [0.717, 1.165) is 6.33 Å². The van der Waals surface area contributed by atoms with Crippen molar-refractivity contribution in [3.05, 3.63) is 49.3 Å². The summed E-state index contributed by atoms with van der Waals surface area (Å²) in [4.78, 5) is 17.7. The van der Waals surface area contributed by atoms with Crippen LogP contribution in [-0.4, -0.2) is 14.9 Å². The molecule has 0 aliphatic rings. The van der Waals surface area contributed by atoms with Crippen LogP contribution in [0.25, 0.3) is 0 Å². The quantitative estimate of drug-likeness (QED) is 0.502. The predicted octanol–water partition coefficient (Wildman–Crippen LogP) is 4.20. The van der Waals surface area contributed by atoms with Gasteiger partial charge in [-0.25, -0.2) is 9.97 Å². The van der Waals surface area contributed by atoms with Crippen LogP contribution in [0.1, 0.15) is 0 Å². The molecule has 0 bridgehead atoms. The fourth-order valence-electron chi connectivity index (χ4n) is 1.33. The first-order valence-corrected chi connectivity index (χ1v) is 6.41. The fourth-order valence-corrected chi connectivity index (χ4v) is 2.31. The minimum Gasteiger partial charge on any atom is -0.333 e. The molecule has 0 spiro atoms. The van der Waals surface area contributed by atoms with Crippen LogP contribution in [0.5, 0.6) is 0 Å². The molecule has 1 heterocycles. The van der Waals surface area contributed by atoms with Gasteiger partial charge >= 0.3 is 5.69 Å². The van der Waals surface area contributed by atoms with Crippen molar-refractivity contribution in [1.29, 1.82) is 0 Å². The van der Waals surface area contributed by atoms with Crippen molar-refractivity contribution in [3.63, 3.8) is 0 Å². The van der Waals surface area contributed by atoms with Crippen molar-refractivity contribution in [2.45, 2.75) is 0 Å². The molecule has 19 heavy (non-hydrogen) atoms. The number of nitro groups is 1. The normalized spacial score (nSPS) is 10.3. The van der Waals surface area contributed by atoms with Gasteiger partial charge in [-0.3, -0.25) is 10.1 Å². The van der Waals surface area contributed by atoms with Crippen LogP contribution in [-0.2, 0) is 0 Å². The van der Waals surface area contributed by atoms with Crippen molar-refractivity contribution in [2.24, 2.45) is 0 Å². The second-order valence-electron chi connectivity index (χ2n) is 3.37. The topological polar surface area (TPSA) is 81.0 Å². The molecule has 0 aliphatic heterocycles. The summed E-state index contributed by atoms with van der Waals surface area (Å²) in [7, 11) is 0. The molecule has 1 aromatic heterocycles. The van der Waals surface area contributed by atoms with Gasteiger partial charge in [-0.2, -0.15) is 0 Å². The lowest BCUT2D eigenvalue weighted by Crippen LogP contribution is -2.02. The highest BCUT2D eigenvalue weighted by atomic mass is 79.9. The second-order valence-corrected chi connectivity index (χ2v) is 5.02. The van der Waals surface area contributed by atoms with Gasteiger partial charge in [0.05, 0.1) is 10.6 Å². The van der Waals surface area contributed by atoms with Gasteiger partial charge < -0.3 is 5.32 Å². The van der Waals surface area contributed by atoms with Gasteiger partial charge in [-0.05, 0) is 34.1 Å². The molecular weight excluding hydrogens is 359 g/mol. The number of aromatic nitrogens is 2. The highest BCUT2D eigenvalue weighted by Gasteiger charge is 2.22. The summed E-state index contributed by atoms with van der Waals surface area (Å²) in [6, 6.07) is 4.95. The van der Waals surface area contributed by atoms with Gasteiger partial charge in [-0.15, -0.1) is 0 Å². The van der Waals surface area contributed by atoms with Gasteiger partial charge in [0.25, 0.3) is 0 Å². The minimum absolute atomic E-state index is 0.00743. The zero-order chi connectivity index (χ0) is 14.0. The maximum Gasteiger partial charge on any atom is 0.348 e. The van der Waals surface area contributed by atoms with Crippen molar-refractivity contribution in [1.82, 2.24) is 9.97 Å². The molecule has 0 saturated heterocycles. The van der Waals surface area contributed by atoms with Gasteiger partial charge in [0.2, 0.25) is 11.0 Å². The molecule has 98 valence electrons. The van der Waals surface area contributed by atoms with Crippen molar-refractivity contribution >= 4 is 56.3 Å². The van der Waals surface area contributed by atoms with E-state index < -0.39 is 4.92 Å². The Morgan fingerprint density at radius 3 is 2.68 bits per heavy atom. The smallest absolute Gasteiger partial charge is 0.333 e. The Morgan fingerprint density at radius 1 is 1.32 bits per heavy atom. The number of nitrogens with zero attached hydrogens (tertiary/aromatic N) is 3. The predicted molar refractivity (Wildman–Crippen MR) is 76.1 cm³/mol. The molecule has 9 heteroatoms. The fraction of sp³-hybridized carbons (Fsp3) is 0. The third kappa shape index (κ3) is 3.12. The first-order valence-electron chi connectivity index (χ1n) is 4.86. The van der Waals surface area contributed by atoms with Crippen molar-refractivity contribution in [2.75, 3.05) is 5.32 Å². The van der Waals surface area contributed by atoms with E-state index in [4.69, 9.17) is 23.2 Å². The average Bonchev–Trinajstić information content (AvgIpc) is 2.32. The molecule has 0 atom stereocenters. The molecule has 1 N–H and O–H groups in total. The summed E-state index contributed by atoms with van der Waals surface area (Å²) in [6.07, 6.45) is 1.14. The number of nitrogens with one attached hydrogen (secondary N) is 1. The molecular formula is C10H5BrCl2N4O2. The van der Waals surface area contributed by atoms with Crippen LogP contribution in [0, 0.1) is 10.1 Å². The Hall–Kier alpha value is -1.44. The zero-order valence-electron chi connectivity index (χ0n) is 9.10. The monoisotopic (exact) mass is 362 g/mol. The molecule has 0 unspecified atom stereocenters. The van der Waals surface area contributed by atoms with Gasteiger partial charge in [0.1, 0.15) is 6.33 Å². The molecule has 0 radical (unpaired) electrons. The van der Waals surface area contributed by atoms with Crippen LogP contribution < -0.4 is 5.32 Å². The standard InChI is InChI=1S/C10H5BrCl2N4O2/c11-6-3-5(12)1-2-7(6)16-10-8(17(18)19)9(13)14-4-15-10/h1-4H,(H,14,15,16). The van der Waals surface area contributed by atoms with Gasteiger partial charge in [0.15, 0.2) is 0 Å². The molecule has 2 rings (SSSR count). The first kappa shape index (κ1) is 14.0. The summed E-state index contributed by atoms with van der Waals surface area (Å²) in [6.45, 7) is 0. The molecule has 6 nitrogen and oxygen atoms in total. The Kier molecular flexibility index (Phi) is 4.18. The molecule has 0 amide bonds. The number of hydrogen-bond donors (Lipinski definition) is 1. The number of hydrogen-bond acceptors (Lipinski definition) is 5. The van der Waals surface area contributed by atoms with Crippen LogP contribution in [0.15, 0.2) is 29.0 Å². The van der Waals surface area contributed by atoms with E-state index >= 15 is 0 Å². The zero-order valence-corrected chi connectivity index (χ0v) is 12.2. The van der Waals surface area contributed by atoms with E-state index in [2.05, 4.69) is 31.2 Å². The summed E-state index contributed by atoms with van der Waals surface area (Å²) in [5.41, 5.74) is 0.188. The Morgan fingerprint density at radius 2 is 2.05 bits per heavy atom. The van der Waals surface area contributed by atoms with Crippen LogP contribution >= 0.6 is 39.1 Å². The highest BCUT2D eigenvalue weighted by Crippen LogP contribution is 2.33. The average molecular weight is 364 g/mol. The Bertz CT molecular complexity index is 653. The lowest BCUT2D eigenvalue weighted by molar-refractivity contribution is -0.384. The number of rotatable bonds is 3. The molecule has 2 aromatic rings. The lowest BCUT2D eigenvalue weighted by atomic mass is 10.3. The van der Waals surface area contributed by atoms with E-state index in [1.165, 1.54) is 0 Å². The summed E-state index contributed by atoms with van der Waals surface area (Å²) >= 11 is 14.8. The number of anilines is 2. The maximum atomic E-state index is 10.9. The lowest BCUT2D eigenvalue weighted by Gasteiger charge is -2.08. The van der Waals surface area contributed by atoms with Crippen LogP contribution in [0.2, 0.25) is 10.2 Å².